The fraction of sp³-hybridized carbons (Fsp3) is 0.333. The topological polar surface area (TPSA) is 48.4 Å². The molecule has 4 nitrogen and oxygen atoms in total. The van der Waals surface area contributed by atoms with E-state index in [1.165, 1.54) is 23.5 Å². The number of carbonyl (C=O) groups excluding carboxylic acids is 1. The average Bonchev–Trinajstić information content (AvgIpc) is 3.14. The molecule has 0 saturated carbocycles. The Bertz CT molecular complexity index is 1110. The van der Waals surface area contributed by atoms with Gasteiger partial charge in [0.15, 0.2) is 6.10 Å². The lowest BCUT2D eigenvalue weighted by atomic mass is 10.1. The number of aryl methyl sites for hydroxylation is 2. The van der Waals surface area contributed by atoms with E-state index in [4.69, 9.17) is 9.47 Å². The van der Waals surface area contributed by atoms with Crippen LogP contribution in [0.5, 0.6) is 5.75 Å². The van der Waals surface area contributed by atoms with Gasteiger partial charge < -0.3 is 9.47 Å². The molecule has 0 aliphatic rings. The third-order valence-corrected chi connectivity index (χ3v) is 7.20. The van der Waals surface area contributed by atoms with Gasteiger partial charge in [-0.1, -0.05) is 12.1 Å². The average molecular weight is 496 g/mol. The van der Waals surface area contributed by atoms with Crippen LogP contribution in [0.4, 0.5) is 13.2 Å². The smallest absolute Gasteiger partial charge is 0.416 e. The lowest BCUT2D eigenvalue weighted by Gasteiger charge is -2.15. The first-order valence-electron chi connectivity index (χ1n) is 10.3. The van der Waals surface area contributed by atoms with Crippen molar-refractivity contribution in [3.63, 3.8) is 0 Å². The molecule has 3 aromatic rings. The molecule has 0 amide bonds. The van der Waals surface area contributed by atoms with Gasteiger partial charge in [-0.15, -0.1) is 23.1 Å². The van der Waals surface area contributed by atoms with Crippen LogP contribution in [0.15, 0.2) is 47.4 Å². The van der Waals surface area contributed by atoms with E-state index in [0.29, 0.717) is 28.7 Å². The Balaban J connectivity index is 1.65. The highest BCUT2D eigenvalue weighted by atomic mass is 32.2. The van der Waals surface area contributed by atoms with Crippen molar-refractivity contribution in [2.24, 2.45) is 0 Å². The predicted octanol–water partition coefficient (Wildman–Crippen LogP) is 7.07. The van der Waals surface area contributed by atoms with E-state index in [9.17, 15) is 18.0 Å². The summed E-state index contributed by atoms with van der Waals surface area (Å²) in [5.74, 6) is 0.904. The van der Waals surface area contributed by atoms with E-state index < -0.39 is 23.8 Å². The molecule has 176 valence electrons. The number of hydrogen-bond donors (Lipinski definition) is 0. The molecule has 3 rings (SSSR count). The lowest BCUT2D eigenvalue weighted by Crippen LogP contribution is -2.26. The summed E-state index contributed by atoms with van der Waals surface area (Å²) in [6.07, 6.45) is -5.04. The van der Waals surface area contributed by atoms with Crippen molar-refractivity contribution in [2.75, 3.05) is 6.61 Å². The number of rotatable bonds is 8. The summed E-state index contributed by atoms with van der Waals surface area (Å²) < 4.78 is 49.1. The zero-order valence-electron chi connectivity index (χ0n) is 18.7. The van der Waals surface area contributed by atoms with Crippen LogP contribution in [-0.4, -0.2) is 23.7 Å². The van der Waals surface area contributed by atoms with Gasteiger partial charge in [0.1, 0.15) is 10.8 Å². The van der Waals surface area contributed by atoms with Crippen LogP contribution >= 0.6 is 23.1 Å². The first-order chi connectivity index (χ1) is 15.6. The maximum atomic E-state index is 12.8. The SMILES string of the molecule is CCOC(=O)C(C)Oc1ccc(SCc2sc(-c3ccc(C(F)(F)F)cc3)nc2C)cc1C. The summed E-state index contributed by atoms with van der Waals surface area (Å²) >= 11 is 3.11. The second kappa shape index (κ2) is 10.6. The molecule has 0 N–H and O–H groups in total. The number of hydrogen-bond acceptors (Lipinski definition) is 6. The Morgan fingerprint density at radius 1 is 1.15 bits per heavy atom. The standard InChI is InChI=1S/C24H24F3NO3S2/c1-5-30-23(29)16(4)31-20-11-10-19(12-14(20)2)32-13-21-15(3)28-22(33-21)17-6-8-18(9-7-17)24(25,26)27/h6-12,16H,5,13H2,1-4H3. The molecule has 1 atom stereocenters. The van der Waals surface area contributed by atoms with Crippen LogP contribution in [0, 0.1) is 13.8 Å². The third-order valence-electron chi connectivity index (χ3n) is 4.79. The molecule has 0 fully saturated rings. The summed E-state index contributed by atoms with van der Waals surface area (Å²) in [4.78, 5) is 18.4. The number of benzene rings is 2. The van der Waals surface area contributed by atoms with Gasteiger partial charge in [-0.3, -0.25) is 0 Å². The third kappa shape index (κ3) is 6.51. The molecule has 2 aromatic carbocycles. The Morgan fingerprint density at radius 2 is 1.85 bits per heavy atom. The van der Waals surface area contributed by atoms with Crippen molar-refractivity contribution in [1.29, 1.82) is 0 Å². The van der Waals surface area contributed by atoms with Crippen LogP contribution in [0.2, 0.25) is 0 Å². The van der Waals surface area contributed by atoms with Gasteiger partial charge in [0, 0.05) is 21.1 Å². The van der Waals surface area contributed by atoms with Crippen molar-refractivity contribution >= 4 is 29.1 Å². The number of thioether (sulfide) groups is 1. The Kier molecular flexibility index (Phi) is 8.07. The highest BCUT2D eigenvalue weighted by Gasteiger charge is 2.30. The van der Waals surface area contributed by atoms with E-state index in [2.05, 4.69) is 4.98 Å². The lowest BCUT2D eigenvalue weighted by molar-refractivity contribution is -0.150. The fourth-order valence-electron chi connectivity index (χ4n) is 2.98. The van der Waals surface area contributed by atoms with Gasteiger partial charge in [-0.2, -0.15) is 13.2 Å². The highest BCUT2D eigenvalue weighted by Crippen LogP contribution is 2.35. The molecule has 9 heteroatoms. The maximum absolute atomic E-state index is 12.8. The number of halogens is 3. The van der Waals surface area contributed by atoms with Gasteiger partial charge in [0.2, 0.25) is 0 Å². The monoisotopic (exact) mass is 495 g/mol. The highest BCUT2D eigenvalue weighted by molar-refractivity contribution is 7.98. The second-order valence-corrected chi connectivity index (χ2v) is 9.46. The maximum Gasteiger partial charge on any atom is 0.416 e. The number of aromatic nitrogens is 1. The number of ether oxygens (including phenoxy) is 2. The van der Waals surface area contributed by atoms with Crippen LogP contribution in [0.1, 0.15) is 35.5 Å². The number of nitrogens with zero attached hydrogens (tertiary/aromatic N) is 1. The summed E-state index contributed by atoms with van der Waals surface area (Å²) in [6, 6.07) is 10.8. The predicted molar refractivity (Wildman–Crippen MR) is 125 cm³/mol. The summed E-state index contributed by atoms with van der Waals surface area (Å²) in [6.45, 7) is 7.52. The van der Waals surface area contributed by atoms with Crippen molar-refractivity contribution in [3.8, 4) is 16.3 Å². The molecule has 1 heterocycles. The van der Waals surface area contributed by atoms with Crippen molar-refractivity contribution in [1.82, 2.24) is 4.98 Å². The molecular formula is C24H24F3NO3S2. The van der Waals surface area contributed by atoms with E-state index in [0.717, 1.165) is 33.2 Å². The summed E-state index contributed by atoms with van der Waals surface area (Å²) in [7, 11) is 0. The number of thiazole rings is 1. The van der Waals surface area contributed by atoms with Crippen molar-refractivity contribution in [2.45, 2.75) is 50.6 Å². The van der Waals surface area contributed by atoms with Crippen LogP contribution in [0.3, 0.4) is 0 Å². The molecule has 0 aliphatic heterocycles. The van der Waals surface area contributed by atoms with E-state index in [1.807, 2.05) is 32.0 Å². The normalized spacial score (nSPS) is 12.5. The minimum Gasteiger partial charge on any atom is -0.479 e. The van der Waals surface area contributed by atoms with Gasteiger partial charge in [0.25, 0.3) is 0 Å². The number of carbonyl (C=O) groups is 1. The van der Waals surface area contributed by atoms with E-state index in [1.54, 1.807) is 25.6 Å². The zero-order valence-corrected chi connectivity index (χ0v) is 20.3. The van der Waals surface area contributed by atoms with Crippen molar-refractivity contribution < 1.29 is 27.4 Å². The Labute approximate surface area is 199 Å². The van der Waals surface area contributed by atoms with Crippen LogP contribution in [-0.2, 0) is 21.5 Å². The van der Waals surface area contributed by atoms with E-state index >= 15 is 0 Å². The molecule has 0 radical (unpaired) electrons. The fourth-order valence-corrected chi connectivity index (χ4v) is 5.18. The van der Waals surface area contributed by atoms with Crippen LogP contribution in [0.25, 0.3) is 10.6 Å². The first kappa shape index (κ1) is 25.1. The molecule has 0 aliphatic carbocycles. The number of esters is 1. The van der Waals surface area contributed by atoms with Gasteiger partial charge in [-0.05, 0) is 63.6 Å². The van der Waals surface area contributed by atoms with Gasteiger partial charge in [-0.25, -0.2) is 9.78 Å². The summed E-state index contributed by atoms with van der Waals surface area (Å²) in [5, 5.41) is 0.699. The molecule has 33 heavy (non-hydrogen) atoms. The Hall–Kier alpha value is -2.52. The molecular weight excluding hydrogens is 471 g/mol. The number of alkyl halides is 3. The molecule has 0 spiro atoms. The molecule has 0 saturated heterocycles. The van der Waals surface area contributed by atoms with E-state index in [-0.39, 0.29) is 0 Å². The minimum atomic E-state index is -4.35. The molecule has 1 aromatic heterocycles. The first-order valence-corrected chi connectivity index (χ1v) is 12.1. The second-order valence-electron chi connectivity index (χ2n) is 7.33. The molecule has 0 bridgehead atoms. The Morgan fingerprint density at radius 3 is 2.45 bits per heavy atom. The zero-order chi connectivity index (χ0) is 24.2. The largest absolute Gasteiger partial charge is 0.479 e. The quantitative estimate of drug-likeness (QED) is 0.247. The van der Waals surface area contributed by atoms with Crippen LogP contribution < -0.4 is 4.74 Å². The summed E-state index contributed by atoms with van der Waals surface area (Å²) in [5.41, 5.74) is 1.76. The van der Waals surface area contributed by atoms with Gasteiger partial charge >= 0.3 is 12.1 Å². The van der Waals surface area contributed by atoms with Gasteiger partial charge in [0.05, 0.1) is 17.9 Å². The molecule has 1 unspecified atom stereocenters. The minimum absolute atomic E-state index is 0.304. The van der Waals surface area contributed by atoms with Crippen molar-refractivity contribution in [3.05, 3.63) is 64.2 Å².